The Balaban J connectivity index is 3.18. The summed E-state index contributed by atoms with van der Waals surface area (Å²) in [7, 11) is 0. The van der Waals surface area contributed by atoms with Gasteiger partial charge in [0.05, 0.1) is 18.7 Å². The van der Waals surface area contributed by atoms with E-state index in [1.807, 2.05) is 0 Å². The van der Waals surface area contributed by atoms with Crippen LogP contribution in [0.15, 0.2) is 6.07 Å². The Labute approximate surface area is 113 Å². The van der Waals surface area contributed by atoms with Crippen LogP contribution in [0.25, 0.3) is 0 Å². The summed E-state index contributed by atoms with van der Waals surface area (Å²) in [6.07, 6.45) is -5.29. The fourth-order valence-corrected chi connectivity index (χ4v) is 1.66. The Hall–Kier alpha value is -1.83. The number of alkyl halides is 3. The van der Waals surface area contributed by atoms with E-state index in [2.05, 4.69) is 9.72 Å². The first-order chi connectivity index (χ1) is 9.26. The van der Waals surface area contributed by atoms with Crippen molar-refractivity contribution in [2.75, 3.05) is 6.61 Å². The lowest BCUT2D eigenvalue weighted by Crippen LogP contribution is -2.22. The third-order valence-electron chi connectivity index (χ3n) is 2.30. The van der Waals surface area contributed by atoms with Crippen LogP contribution in [0.4, 0.5) is 13.2 Å². The van der Waals surface area contributed by atoms with Crippen molar-refractivity contribution in [3.05, 3.63) is 23.0 Å². The highest BCUT2D eigenvalue weighted by Crippen LogP contribution is 2.30. The number of rotatable bonds is 5. The van der Waals surface area contributed by atoms with E-state index in [-0.39, 0.29) is 24.4 Å². The molecule has 0 atom stereocenters. The molecule has 1 heterocycles. The highest BCUT2D eigenvalue weighted by atomic mass is 19.4. The van der Waals surface area contributed by atoms with E-state index in [1.54, 1.807) is 13.8 Å². The summed E-state index contributed by atoms with van der Waals surface area (Å²) >= 11 is 0. The molecular weight excluding hydrogens is 277 g/mol. The lowest BCUT2D eigenvalue weighted by Gasteiger charge is -2.16. The van der Waals surface area contributed by atoms with Gasteiger partial charge in [0.2, 0.25) is 0 Å². The lowest BCUT2D eigenvalue weighted by atomic mass is 10.1. The second kappa shape index (κ2) is 6.56. The van der Waals surface area contributed by atoms with Crippen LogP contribution >= 0.6 is 0 Å². The third-order valence-corrected chi connectivity index (χ3v) is 2.30. The number of hydrogen-bond donors (Lipinski definition) is 1. The van der Waals surface area contributed by atoms with Gasteiger partial charge in [0.1, 0.15) is 0 Å². The molecule has 0 aliphatic carbocycles. The number of aryl methyl sites for hydroxylation is 1. The fourth-order valence-electron chi connectivity index (χ4n) is 1.66. The van der Waals surface area contributed by atoms with Crippen molar-refractivity contribution in [1.82, 2.24) is 4.98 Å². The zero-order valence-electron chi connectivity index (χ0n) is 11.1. The smallest absolute Gasteiger partial charge is 0.466 e. The number of nitrogens with zero attached hydrogens (tertiary/aromatic N) is 1. The summed E-state index contributed by atoms with van der Waals surface area (Å²) in [6.45, 7) is 3.15. The van der Waals surface area contributed by atoms with E-state index in [9.17, 15) is 18.0 Å². The largest absolute Gasteiger partial charge is 0.573 e. The molecule has 0 fully saturated rings. The molecule has 2 N–H and O–H groups in total. The van der Waals surface area contributed by atoms with E-state index < -0.39 is 24.5 Å². The molecule has 1 aromatic heterocycles. The normalized spacial score (nSPS) is 11.3. The first-order valence-electron chi connectivity index (χ1n) is 5.87. The number of hydrogen-bond acceptors (Lipinski definition) is 5. The van der Waals surface area contributed by atoms with E-state index in [1.165, 1.54) is 6.07 Å². The van der Waals surface area contributed by atoms with E-state index in [4.69, 9.17) is 10.5 Å². The molecule has 112 valence electrons. The summed E-state index contributed by atoms with van der Waals surface area (Å²) in [5, 5.41) is 0. The molecule has 0 bridgehead atoms. The molecule has 0 saturated carbocycles. The van der Waals surface area contributed by atoms with E-state index >= 15 is 0 Å². The molecule has 0 radical (unpaired) electrons. The minimum atomic E-state index is -4.88. The lowest BCUT2D eigenvalue weighted by molar-refractivity contribution is -0.275. The molecule has 1 rings (SSSR count). The van der Waals surface area contributed by atoms with Gasteiger partial charge < -0.3 is 15.2 Å². The standard InChI is InChI=1S/C12H15F3N2O3/c1-3-19-10(18)5-9-11(20-12(13,14)15)8(6-16)4-7(2)17-9/h4H,3,5-6,16H2,1-2H3. The minimum Gasteiger partial charge on any atom is -0.466 e. The van der Waals surface area contributed by atoms with Gasteiger partial charge in [0.15, 0.2) is 5.75 Å². The average Bonchev–Trinajstić information content (AvgIpc) is 2.31. The number of pyridine rings is 1. The molecule has 0 aliphatic rings. The van der Waals surface area contributed by atoms with Gasteiger partial charge in [-0.25, -0.2) is 0 Å². The first kappa shape index (κ1) is 16.2. The van der Waals surface area contributed by atoms with Crippen molar-refractivity contribution < 1.29 is 27.4 Å². The molecule has 8 heteroatoms. The summed E-state index contributed by atoms with van der Waals surface area (Å²) < 4.78 is 45.9. The minimum absolute atomic E-state index is 0.129. The first-order valence-corrected chi connectivity index (χ1v) is 5.87. The maximum Gasteiger partial charge on any atom is 0.573 e. The number of nitrogens with two attached hydrogens (primary N) is 1. The third kappa shape index (κ3) is 4.69. The Morgan fingerprint density at radius 1 is 1.45 bits per heavy atom. The molecular formula is C12H15F3N2O3. The van der Waals surface area contributed by atoms with Crippen LogP contribution in [0.5, 0.6) is 5.75 Å². The summed E-state index contributed by atoms with van der Waals surface area (Å²) in [4.78, 5) is 15.3. The van der Waals surface area contributed by atoms with Crippen molar-refractivity contribution in [1.29, 1.82) is 0 Å². The molecule has 0 amide bonds. The number of aromatic nitrogens is 1. The zero-order valence-corrected chi connectivity index (χ0v) is 11.1. The summed E-state index contributed by atoms with van der Waals surface area (Å²) in [5.41, 5.74) is 5.84. The molecule has 20 heavy (non-hydrogen) atoms. The Morgan fingerprint density at radius 2 is 2.10 bits per heavy atom. The van der Waals surface area contributed by atoms with Crippen LogP contribution in [0.1, 0.15) is 23.9 Å². The number of carbonyl (C=O) groups is 1. The maximum atomic E-state index is 12.4. The Kier molecular flexibility index (Phi) is 5.32. The molecule has 0 aliphatic heterocycles. The van der Waals surface area contributed by atoms with Gasteiger partial charge in [-0.1, -0.05) is 0 Å². The molecule has 5 nitrogen and oxygen atoms in total. The van der Waals surface area contributed by atoms with Gasteiger partial charge in [-0.3, -0.25) is 9.78 Å². The fraction of sp³-hybridized carbons (Fsp3) is 0.500. The highest BCUT2D eigenvalue weighted by Gasteiger charge is 2.34. The number of esters is 1. The van der Waals surface area contributed by atoms with Gasteiger partial charge >= 0.3 is 12.3 Å². The monoisotopic (exact) mass is 292 g/mol. The molecule has 1 aromatic rings. The molecule has 0 spiro atoms. The zero-order chi connectivity index (χ0) is 15.3. The van der Waals surface area contributed by atoms with Gasteiger partial charge in [-0.15, -0.1) is 13.2 Å². The Bertz CT molecular complexity index is 490. The van der Waals surface area contributed by atoms with Gasteiger partial charge in [0, 0.05) is 17.8 Å². The molecule has 0 saturated heterocycles. The topological polar surface area (TPSA) is 74.4 Å². The highest BCUT2D eigenvalue weighted by molar-refractivity contribution is 5.73. The van der Waals surface area contributed by atoms with Gasteiger partial charge in [-0.05, 0) is 19.9 Å². The van der Waals surface area contributed by atoms with Crippen LogP contribution in [-0.4, -0.2) is 23.9 Å². The van der Waals surface area contributed by atoms with Crippen LogP contribution in [0.2, 0.25) is 0 Å². The van der Waals surface area contributed by atoms with Gasteiger partial charge in [-0.2, -0.15) is 0 Å². The quantitative estimate of drug-likeness (QED) is 0.838. The number of ether oxygens (including phenoxy) is 2. The molecule has 0 unspecified atom stereocenters. The van der Waals surface area contributed by atoms with Gasteiger partial charge in [0.25, 0.3) is 0 Å². The summed E-state index contributed by atoms with van der Waals surface area (Å²) in [5.74, 6) is -1.21. The van der Waals surface area contributed by atoms with Crippen LogP contribution in [-0.2, 0) is 22.5 Å². The number of halogens is 3. The predicted octanol–water partition coefficient (Wildman–Crippen LogP) is 1.85. The van der Waals surface area contributed by atoms with E-state index in [0.29, 0.717) is 5.69 Å². The second-order valence-corrected chi connectivity index (χ2v) is 3.93. The number of carbonyl (C=O) groups excluding carboxylic acids is 1. The predicted molar refractivity (Wildman–Crippen MR) is 63.9 cm³/mol. The van der Waals surface area contributed by atoms with Crippen LogP contribution in [0, 0.1) is 6.92 Å². The Morgan fingerprint density at radius 3 is 2.60 bits per heavy atom. The van der Waals surface area contributed by atoms with Crippen LogP contribution < -0.4 is 10.5 Å². The molecule has 0 aromatic carbocycles. The average molecular weight is 292 g/mol. The van der Waals surface area contributed by atoms with E-state index in [0.717, 1.165) is 0 Å². The SMILES string of the molecule is CCOC(=O)Cc1nc(C)cc(CN)c1OC(F)(F)F. The van der Waals surface area contributed by atoms with Crippen molar-refractivity contribution in [3.63, 3.8) is 0 Å². The van der Waals surface area contributed by atoms with Crippen molar-refractivity contribution in [2.45, 2.75) is 33.2 Å². The second-order valence-electron chi connectivity index (χ2n) is 3.93. The van der Waals surface area contributed by atoms with Crippen molar-refractivity contribution in [2.24, 2.45) is 5.73 Å². The van der Waals surface area contributed by atoms with Crippen molar-refractivity contribution >= 4 is 5.97 Å². The summed E-state index contributed by atoms with van der Waals surface area (Å²) in [6, 6.07) is 1.38. The van der Waals surface area contributed by atoms with Crippen LogP contribution in [0.3, 0.4) is 0 Å². The maximum absolute atomic E-state index is 12.4. The van der Waals surface area contributed by atoms with Crippen molar-refractivity contribution in [3.8, 4) is 5.75 Å².